The number of non-ortho nitro benzene ring substituents is 1. The lowest BCUT2D eigenvalue weighted by Gasteiger charge is -2.03. The van der Waals surface area contributed by atoms with Crippen LogP contribution in [0.1, 0.15) is 5.56 Å². The first-order valence-electron chi connectivity index (χ1n) is 7.39. The van der Waals surface area contributed by atoms with E-state index in [2.05, 4.69) is 17.2 Å². The van der Waals surface area contributed by atoms with Crippen LogP contribution >= 0.6 is 11.6 Å². The highest BCUT2D eigenvalue weighted by molar-refractivity contribution is 6.32. The standard InChI is InChI=1S/C18H15ClN2O4/c19-16-5-1-2-6-17(16)25-12-4-3-11-20-18(22)13-14-7-9-15(10-8-14)21(23)24/h1-2,5-10H,11-13H2,(H,20,22). The van der Waals surface area contributed by atoms with Gasteiger partial charge in [0.05, 0.1) is 22.9 Å². The first kappa shape index (κ1) is 18.3. The largest absolute Gasteiger partial charge is 0.479 e. The minimum absolute atomic E-state index is 0.00598. The molecule has 0 radical (unpaired) electrons. The van der Waals surface area contributed by atoms with Gasteiger partial charge in [0.1, 0.15) is 12.4 Å². The molecule has 6 nitrogen and oxygen atoms in total. The molecule has 0 unspecified atom stereocenters. The van der Waals surface area contributed by atoms with Crippen LogP contribution in [0.5, 0.6) is 5.75 Å². The summed E-state index contributed by atoms with van der Waals surface area (Å²) < 4.78 is 5.40. The van der Waals surface area contributed by atoms with Crippen molar-refractivity contribution in [3.8, 4) is 17.6 Å². The molecule has 0 aromatic heterocycles. The minimum atomic E-state index is -0.482. The number of ether oxygens (including phenoxy) is 1. The Kier molecular flexibility index (Phi) is 6.81. The number of nitrogens with one attached hydrogen (secondary N) is 1. The molecular formula is C18H15ClN2O4. The maximum absolute atomic E-state index is 11.8. The van der Waals surface area contributed by atoms with Gasteiger partial charge >= 0.3 is 0 Å². The average molecular weight is 359 g/mol. The van der Waals surface area contributed by atoms with Gasteiger partial charge in [-0.3, -0.25) is 14.9 Å². The lowest BCUT2D eigenvalue weighted by Crippen LogP contribution is -2.25. The zero-order chi connectivity index (χ0) is 18.1. The normalized spacial score (nSPS) is 9.64. The molecule has 0 bridgehead atoms. The third-order valence-corrected chi connectivity index (χ3v) is 3.46. The van der Waals surface area contributed by atoms with Crippen LogP contribution in [0.25, 0.3) is 0 Å². The molecule has 0 spiro atoms. The number of nitro groups is 1. The van der Waals surface area contributed by atoms with E-state index in [1.165, 1.54) is 12.1 Å². The smallest absolute Gasteiger partial charge is 0.269 e. The maximum Gasteiger partial charge on any atom is 0.269 e. The van der Waals surface area contributed by atoms with E-state index in [1.807, 2.05) is 6.07 Å². The maximum atomic E-state index is 11.8. The predicted octanol–water partition coefficient (Wildman–Crippen LogP) is 2.99. The summed E-state index contributed by atoms with van der Waals surface area (Å²) in [5, 5.41) is 13.7. The lowest BCUT2D eigenvalue weighted by atomic mass is 10.1. The van der Waals surface area contributed by atoms with Crippen molar-refractivity contribution in [2.75, 3.05) is 13.2 Å². The van der Waals surface area contributed by atoms with Gasteiger partial charge in [0.25, 0.3) is 5.69 Å². The molecule has 0 aliphatic rings. The zero-order valence-corrected chi connectivity index (χ0v) is 14.0. The third-order valence-electron chi connectivity index (χ3n) is 3.15. The van der Waals surface area contributed by atoms with E-state index in [4.69, 9.17) is 16.3 Å². The number of carbonyl (C=O) groups is 1. The lowest BCUT2D eigenvalue weighted by molar-refractivity contribution is -0.384. The Morgan fingerprint density at radius 2 is 1.88 bits per heavy atom. The highest BCUT2D eigenvalue weighted by atomic mass is 35.5. The van der Waals surface area contributed by atoms with Crippen LogP contribution in [0.3, 0.4) is 0 Å². The van der Waals surface area contributed by atoms with Crippen molar-refractivity contribution in [1.82, 2.24) is 5.32 Å². The molecule has 1 N–H and O–H groups in total. The monoisotopic (exact) mass is 358 g/mol. The SMILES string of the molecule is O=C(Cc1ccc([N+](=O)[O-])cc1)NCC#CCOc1ccccc1Cl. The summed E-state index contributed by atoms with van der Waals surface area (Å²) in [7, 11) is 0. The molecule has 0 aliphatic heterocycles. The molecule has 7 heteroatoms. The van der Waals surface area contributed by atoms with E-state index in [0.29, 0.717) is 16.3 Å². The number of nitrogens with zero attached hydrogens (tertiary/aromatic N) is 1. The first-order valence-corrected chi connectivity index (χ1v) is 7.77. The van der Waals surface area contributed by atoms with Crippen molar-refractivity contribution < 1.29 is 14.5 Å². The topological polar surface area (TPSA) is 81.5 Å². The fourth-order valence-electron chi connectivity index (χ4n) is 1.92. The molecule has 2 aromatic rings. The van der Waals surface area contributed by atoms with Crippen LogP contribution < -0.4 is 10.1 Å². The van der Waals surface area contributed by atoms with Crippen LogP contribution in [0.4, 0.5) is 5.69 Å². The quantitative estimate of drug-likeness (QED) is 0.489. The van der Waals surface area contributed by atoms with Gasteiger partial charge in [-0.1, -0.05) is 47.7 Å². The second-order valence-corrected chi connectivity index (χ2v) is 5.36. The van der Waals surface area contributed by atoms with Crippen LogP contribution in [-0.4, -0.2) is 24.0 Å². The van der Waals surface area contributed by atoms with Crippen molar-refractivity contribution in [1.29, 1.82) is 0 Å². The minimum Gasteiger partial charge on any atom is -0.479 e. The number of carbonyl (C=O) groups excluding carboxylic acids is 1. The van der Waals surface area contributed by atoms with Gasteiger partial charge in [-0.05, 0) is 17.7 Å². The van der Waals surface area contributed by atoms with E-state index in [1.54, 1.807) is 30.3 Å². The Bertz CT molecular complexity index is 810. The summed E-state index contributed by atoms with van der Waals surface area (Å²) in [6.07, 6.45) is 0.135. The Morgan fingerprint density at radius 3 is 2.56 bits per heavy atom. The second kappa shape index (κ2) is 9.30. The Balaban J connectivity index is 1.70. The zero-order valence-electron chi connectivity index (χ0n) is 13.2. The molecule has 0 heterocycles. The molecule has 0 fully saturated rings. The summed E-state index contributed by atoms with van der Waals surface area (Å²) >= 11 is 5.94. The van der Waals surface area contributed by atoms with Gasteiger partial charge in [0.2, 0.25) is 5.91 Å². The Morgan fingerprint density at radius 1 is 1.16 bits per heavy atom. The number of hydrogen-bond donors (Lipinski definition) is 1. The molecule has 25 heavy (non-hydrogen) atoms. The molecule has 0 saturated heterocycles. The molecule has 0 saturated carbocycles. The molecule has 2 aromatic carbocycles. The van der Waals surface area contributed by atoms with Gasteiger partial charge in [-0.15, -0.1) is 0 Å². The summed E-state index contributed by atoms with van der Waals surface area (Å²) in [6.45, 7) is 0.361. The first-order chi connectivity index (χ1) is 12.1. The van der Waals surface area contributed by atoms with Gasteiger partial charge in [-0.2, -0.15) is 0 Å². The Labute approximate surface area is 149 Å². The van der Waals surface area contributed by atoms with Gasteiger partial charge < -0.3 is 10.1 Å². The van der Waals surface area contributed by atoms with E-state index in [-0.39, 0.29) is 31.2 Å². The van der Waals surface area contributed by atoms with E-state index >= 15 is 0 Å². The number of nitro benzene ring substituents is 1. The molecule has 0 atom stereocenters. The molecular weight excluding hydrogens is 344 g/mol. The fraction of sp³-hybridized carbons (Fsp3) is 0.167. The average Bonchev–Trinajstić information content (AvgIpc) is 2.60. The van der Waals surface area contributed by atoms with Gasteiger partial charge in [0.15, 0.2) is 0 Å². The Hall–Kier alpha value is -3.04. The summed E-state index contributed by atoms with van der Waals surface area (Å²) in [4.78, 5) is 21.9. The van der Waals surface area contributed by atoms with Crippen LogP contribution in [0.2, 0.25) is 5.02 Å². The van der Waals surface area contributed by atoms with Crippen molar-refractivity contribution in [3.05, 3.63) is 69.2 Å². The summed E-state index contributed by atoms with van der Waals surface area (Å²) in [5.41, 5.74) is 0.687. The fourth-order valence-corrected chi connectivity index (χ4v) is 2.11. The van der Waals surface area contributed by atoms with E-state index < -0.39 is 4.92 Å². The number of rotatable bonds is 6. The molecule has 128 valence electrons. The van der Waals surface area contributed by atoms with Crippen LogP contribution in [0, 0.1) is 22.0 Å². The number of halogens is 1. The van der Waals surface area contributed by atoms with Crippen LogP contribution in [-0.2, 0) is 11.2 Å². The van der Waals surface area contributed by atoms with Crippen molar-refractivity contribution >= 4 is 23.2 Å². The van der Waals surface area contributed by atoms with Crippen molar-refractivity contribution in [2.45, 2.75) is 6.42 Å². The number of amides is 1. The van der Waals surface area contributed by atoms with Gasteiger partial charge in [-0.25, -0.2) is 0 Å². The van der Waals surface area contributed by atoms with E-state index in [9.17, 15) is 14.9 Å². The number of para-hydroxylation sites is 1. The predicted molar refractivity (Wildman–Crippen MR) is 94.5 cm³/mol. The summed E-state index contributed by atoms with van der Waals surface area (Å²) in [6, 6.07) is 12.9. The molecule has 0 aliphatic carbocycles. The molecule has 1 amide bonds. The highest BCUT2D eigenvalue weighted by Gasteiger charge is 2.06. The second-order valence-electron chi connectivity index (χ2n) is 4.95. The van der Waals surface area contributed by atoms with Crippen molar-refractivity contribution in [3.63, 3.8) is 0 Å². The highest BCUT2D eigenvalue weighted by Crippen LogP contribution is 2.22. The van der Waals surface area contributed by atoms with E-state index in [0.717, 1.165) is 0 Å². The number of hydrogen-bond acceptors (Lipinski definition) is 4. The number of benzene rings is 2. The molecule has 2 rings (SSSR count). The van der Waals surface area contributed by atoms with Crippen LogP contribution in [0.15, 0.2) is 48.5 Å². The summed E-state index contributed by atoms with van der Waals surface area (Å²) in [5.74, 6) is 5.90. The third kappa shape index (κ3) is 6.16. The van der Waals surface area contributed by atoms with Gasteiger partial charge in [0, 0.05) is 12.1 Å². The van der Waals surface area contributed by atoms with Crippen molar-refractivity contribution in [2.24, 2.45) is 0 Å².